The zero-order valence-electron chi connectivity index (χ0n) is 23.8. The molecule has 10 nitrogen and oxygen atoms in total. The average molecular weight is 638 g/mol. The molecule has 15 heteroatoms. The molecule has 3 atom stereocenters. The van der Waals surface area contributed by atoms with Gasteiger partial charge in [-0.1, -0.05) is 12.1 Å². The van der Waals surface area contributed by atoms with Crippen molar-refractivity contribution in [2.45, 2.75) is 30.8 Å². The topological polar surface area (TPSA) is 130 Å². The second-order valence-electron chi connectivity index (χ2n) is 10.3. The number of hydrogen-bond acceptors (Lipinski definition) is 7. The van der Waals surface area contributed by atoms with E-state index in [0.717, 1.165) is 43.8 Å². The van der Waals surface area contributed by atoms with Crippen LogP contribution in [0.2, 0.25) is 0 Å². The van der Waals surface area contributed by atoms with Gasteiger partial charge in [-0.15, -0.1) is 0 Å². The van der Waals surface area contributed by atoms with Crippen LogP contribution in [-0.2, 0) is 26.0 Å². The zero-order chi connectivity index (χ0) is 32.0. The molecule has 1 aliphatic rings. The molecule has 1 saturated heterocycles. The fraction of sp³-hybridized carbons (Fsp3) is 0.345. The minimum atomic E-state index is -3.53. The maximum atomic E-state index is 15.1. The van der Waals surface area contributed by atoms with Crippen molar-refractivity contribution >= 4 is 27.7 Å². The van der Waals surface area contributed by atoms with Crippen molar-refractivity contribution in [3.05, 3.63) is 94.8 Å². The third-order valence-electron chi connectivity index (χ3n) is 7.26. The lowest BCUT2D eigenvalue weighted by atomic mass is 9.84. The molecule has 1 aromatic heterocycles. The Balaban J connectivity index is 1.70. The van der Waals surface area contributed by atoms with Crippen LogP contribution in [-0.4, -0.2) is 74.8 Å². The Morgan fingerprint density at radius 3 is 2.36 bits per heavy atom. The second-order valence-corrected chi connectivity index (χ2v) is 12.2. The van der Waals surface area contributed by atoms with Crippen molar-refractivity contribution in [3.8, 4) is 0 Å². The number of methoxy groups -OCH3 is 1. The third kappa shape index (κ3) is 8.09. The molecule has 0 unspecified atom stereocenters. The van der Waals surface area contributed by atoms with Crippen LogP contribution in [0.4, 0.5) is 28.0 Å². The van der Waals surface area contributed by atoms with Gasteiger partial charge in [-0.25, -0.2) is 30.8 Å². The molecule has 0 aliphatic carbocycles. The number of ether oxygens (including phenoxy) is 1. The summed E-state index contributed by atoms with van der Waals surface area (Å²) in [7, 11) is -2.48. The van der Waals surface area contributed by atoms with Crippen LogP contribution in [0.15, 0.2) is 54.9 Å². The van der Waals surface area contributed by atoms with E-state index in [2.05, 4.69) is 25.7 Å². The average Bonchev–Trinajstić information content (AvgIpc) is 2.96. The highest BCUT2D eigenvalue weighted by atomic mass is 32.2. The predicted molar refractivity (Wildman–Crippen MR) is 153 cm³/mol. The second kappa shape index (κ2) is 14.1. The van der Waals surface area contributed by atoms with Crippen molar-refractivity contribution in [1.82, 2.24) is 19.9 Å². The molecule has 2 aromatic carbocycles. The summed E-state index contributed by atoms with van der Waals surface area (Å²) in [4.78, 5) is 30.1. The summed E-state index contributed by atoms with van der Waals surface area (Å²) in [5.41, 5.74) is 0.120. The number of alkyl carbamates (subject to hydrolysis) is 1. The van der Waals surface area contributed by atoms with Gasteiger partial charge < -0.3 is 20.7 Å². The van der Waals surface area contributed by atoms with Crippen molar-refractivity contribution in [2.24, 2.45) is 0 Å². The van der Waals surface area contributed by atoms with Crippen molar-refractivity contribution in [3.63, 3.8) is 0 Å². The molecule has 0 saturated carbocycles. The van der Waals surface area contributed by atoms with Gasteiger partial charge >= 0.3 is 6.09 Å². The Morgan fingerprint density at radius 1 is 1.05 bits per heavy atom. The lowest BCUT2D eigenvalue weighted by molar-refractivity contribution is -0.118. The summed E-state index contributed by atoms with van der Waals surface area (Å²) in [5, 5.41) is 8.04. The number of piperazine rings is 1. The van der Waals surface area contributed by atoms with Crippen molar-refractivity contribution in [2.75, 3.05) is 38.3 Å². The van der Waals surface area contributed by atoms with Gasteiger partial charge in [0.05, 0.1) is 31.4 Å². The Bertz CT molecular complexity index is 1590. The maximum absolute atomic E-state index is 15.1. The Hall–Kier alpha value is -4.08. The number of carbonyl (C=O) groups excluding carboxylic acids is 2. The monoisotopic (exact) mass is 637 g/mol. The van der Waals surface area contributed by atoms with Gasteiger partial charge in [0.2, 0.25) is 15.9 Å². The molecular weight excluding hydrogens is 606 g/mol. The largest absolute Gasteiger partial charge is 0.453 e. The number of pyridine rings is 1. The highest BCUT2D eigenvalue weighted by Crippen LogP contribution is 2.31. The fourth-order valence-electron chi connectivity index (χ4n) is 5.26. The van der Waals surface area contributed by atoms with Crippen LogP contribution < -0.4 is 16.0 Å². The highest BCUT2D eigenvalue weighted by molar-refractivity contribution is 7.88. The quantitative estimate of drug-likeness (QED) is 0.291. The summed E-state index contributed by atoms with van der Waals surface area (Å²) < 4.78 is 88.1. The molecule has 2 amide bonds. The molecular formula is C29H31F4N5O5S. The van der Waals surface area contributed by atoms with E-state index in [1.54, 1.807) is 0 Å². The number of nitrogens with one attached hydrogen (secondary N) is 3. The number of aromatic nitrogens is 1. The van der Waals surface area contributed by atoms with Gasteiger partial charge in [-0.2, -0.15) is 4.31 Å². The lowest BCUT2D eigenvalue weighted by Gasteiger charge is -2.34. The standard InChI is InChI=1S/C29H31F4N5O5S/c1-43-29(40)37-27(26(17-3-5-19(30)6-4-17)18-11-20(31)13-21(32)12-18)28(39)36-25-16-35-15-24(33)23(25)8-7-22-14-34-9-10-38(22)44(2,41)42/h3-6,11-13,15-16,22,26-27,34H,7-10,14H2,1-2H3,(H,36,39)(H,37,40)/t22-,26+,27+/m1/s1. The Kier molecular flexibility index (Phi) is 10.5. The molecule has 0 spiro atoms. The molecule has 3 N–H and O–H groups in total. The summed E-state index contributed by atoms with van der Waals surface area (Å²) >= 11 is 0. The first-order valence-electron chi connectivity index (χ1n) is 13.5. The van der Waals surface area contributed by atoms with Gasteiger partial charge in [0.15, 0.2) is 0 Å². The lowest BCUT2D eigenvalue weighted by Crippen LogP contribution is -2.53. The summed E-state index contributed by atoms with van der Waals surface area (Å²) in [6.07, 6.45) is 2.38. The van der Waals surface area contributed by atoms with E-state index in [1.165, 1.54) is 22.6 Å². The van der Waals surface area contributed by atoms with E-state index < -0.39 is 63.3 Å². The number of anilines is 1. The van der Waals surface area contributed by atoms with Crippen molar-refractivity contribution in [1.29, 1.82) is 0 Å². The normalized spacial score (nSPS) is 17.0. The van der Waals surface area contributed by atoms with E-state index in [4.69, 9.17) is 0 Å². The predicted octanol–water partition coefficient (Wildman–Crippen LogP) is 3.30. The number of halogens is 4. The molecule has 44 heavy (non-hydrogen) atoms. The number of rotatable bonds is 10. The summed E-state index contributed by atoms with van der Waals surface area (Å²) in [6.45, 7) is 1.06. The first kappa shape index (κ1) is 32.8. The minimum absolute atomic E-state index is 0.00787. The number of nitrogens with zero attached hydrogens (tertiary/aromatic N) is 2. The van der Waals surface area contributed by atoms with Crippen LogP contribution in [0.3, 0.4) is 0 Å². The summed E-state index contributed by atoms with van der Waals surface area (Å²) in [6, 6.07) is 5.24. The molecule has 2 heterocycles. The van der Waals surface area contributed by atoms with Gasteiger partial charge in [-0.05, 0) is 48.2 Å². The number of amides is 2. The number of hydrogen-bond donors (Lipinski definition) is 3. The molecule has 0 bridgehead atoms. The van der Waals surface area contributed by atoms with Gasteiger partial charge in [0, 0.05) is 43.2 Å². The van der Waals surface area contributed by atoms with Gasteiger partial charge in [0.1, 0.15) is 29.3 Å². The number of sulfonamides is 1. The molecule has 1 fully saturated rings. The molecule has 0 radical (unpaired) electrons. The van der Waals surface area contributed by atoms with Gasteiger partial charge in [0.25, 0.3) is 0 Å². The van der Waals surface area contributed by atoms with Gasteiger partial charge in [-0.3, -0.25) is 9.78 Å². The van der Waals surface area contributed by atoms with Crippen LogP contribution in [0.1, 0.15) is 29.0 Å². The fourth-order valence-corrected chi connectivity index (χ4v) is 6.40. The first-order valence-corrected chi connectivity index (χ1v) is 15.4. The molecule has 3 aromatic rings. The first-order chi connectivity index (χ1) is 20.9. The van der Waals surface area contributed by atoms with Crippen LogP contribution >= 0.6 is 0 Å². The van der Waals surface area contributed by atoms with Crippen LogP contribution in [0.25, 0.3) is 0 Å². The zero-order valence-corrected chi connectivity index (χ0v) is 24.6. The van der Waals surface area contributed by atoms with E-state index in [0.29, 0.717) is 19.2 Å². The van der Waals surface area contributed by atoms with E-state index >= 15 is 4.39 Å². The van der Waals surface area contributed by atoms with E-state index in [-0.39, 0.29) is 41.8 Å². The van der Waals surface area contributed by atoms with E-state index in [1.807, 2.05) is 0 Å². The molecule has 236 valence electrons. The minimum Gasteiger partial charge on any atom is -0.453 e. The summed E-state index contributed by atoms with van der Waals surface area (Å²) in [5.74, 6) is -5.49. The Labute approximate surface area is 251 Å². The Morgan fingerprint density at radius 2 is 1.73 bits per heavy atom. The smallest absolute Gasteiger partial charge is 0.407 e. The van der Waals surface area contributed by atoms with Crippen LogP contribution in [0.5, 0.6) is 0 Å². The maximum Gasteiger partial charge on any atom is 0.407 e. The third-order valence-corrected chi connectivity index (χ3v) is 8.59. The number of benzene rings is 2. The van der Waals surface area contributed by atoms with Crippen LogP contribution in [0, 0.1) is 23.3 Å². The number of carbonyl (C=O) groups is 2. The van der Waals surface area contributed by atoms with E-state index in [9.17, 15) is 31.2 Å². The van der Waals surface area contributed by atoms with Crippen molar-refractivity contribution < 1.29 is 40.3 Å². The molecule has 1 aliphatic heterocycles. The molecule has 4 rings (SSSR count). The SMILES string of the molecule is COC(=O)N[C@H](C(=O)Nc1cncc(F)c1CC[C@@H]1CNCCN1S(C)(=O)=O)[C@@H](c1ccc(F)cc1)c1cc(F)cc(F)c1. The highest BCUT2D eigenvalue weighted by Gasteiger charge is 2.35.